The van der Waals surface area contributed by atoms with Gasteiger partial charge in [-0.2, -0.15) is 0 Å². The summed E-state index contributed by atoms with van der Waals surface area (Å²) < 4.78 is 18.7. The second-order valence-electron chi connectivity index (χ2n) is 5.71. The van der Waals surface area contributed by atoms with Crippen molar-refractivity contribution in [2.24, 2.45) is 14.1 Å². The summed E-state index contributed by atoms with van der Waals surface area (Å²) >= 11 is 0. The van der Waals surface area contributed by atoms with Crippen molar-refractivity contribution in [3.8, 4) is 0 Å². The number of anilines is 1. The van der Waals surface area contributed by atoms with E-state index in [1.165, 1.54) is 32.0 Å². The van der Waals surface area contributed by atoms with Crippen LogP contribution in [-0.2, 0) is 28.3 Å². The minimum Gasteiger partial charge on any atom is -0.378 e. The highest BCUT2D eigenvalue weighted by Crippen LogP contribution is 2.26. The number of aromatic nitrogens is 3. The average molecular weight is 348 g/mol. The van der Waals surface area contributed by atoms with Crippen molar-refractivity contribution in [2.45, 2.75) is 12.1 Å². The quantitative estimate of drug-likeness (QED) is 0.757. The maximum absolute atomic E-state index is 12.5. The predicted molar refractivity (Wildman–Crippen MR) is 91.5 cm³/mol. The molecule has 134 valence electrons. The fourth-order valence-corrected chi connectivity index (χ4v) is 2.77. The molecule has 9 nitrogen and oxygen atoms in total. The van der Waals surface area contributed by atoms with Crippen LogP contribution in [0.15, 0.2) is 34.0 Å². The van der Waals surface area contributed by atoms with E-state index < -0.39 is 23.3 Å². The SMILES string of the molecule is COC1C=CC(CNc2ccnc3c2c(=O)n(C)c(=O)n3C)(OC)O1. The van der Waals surface area contributed by atoms with E-state index in [1.807, 2.05) is 0 Å². The summed E-state index contributed by atoms with van der Waals surface area (Å²) in [6.45, 7) is 0.241. The van der Waals surface area contributed by atoms with Crippen LogP contribution in [0.1, 0.15) is 0 Å². The van der Waals surface area contributed by atoms with Gasteiger partial charge in [-0.05, 0) is 18.2 Å². The Morgan fingerprint density at radius 3 is 2.72 bits per heavy atom. The molecule has 1 aliphatic rings. The Labute approximate surface area is 143 Å². The molecule has 0 spiro atoms. The molecule has 25 heavy (non-hydrogen) atoms. The van der Waals surface area contributed by atoms with Gasteiger partial charge < -0.3 is 19.5 Å². The molecule has 0 radical (unpaired) electrons. The van der Waals surface area contributed by atoms with Gasteiger partial charge >= 0.3 is 5.69 Å². The van der Waals surface area contributed by atoms with Crippen LogP contribution < -0.4 is 16.6 Å². The van der Waals surface area contributed by atoms with E-state index in [0.717, 1.165) is 4.57 Å². The maximum Gasteiger partial charge on any atom is 0.332 e. The zero-order chi connectivity index (χ0) is 18.2. The number of aryl methyl sites for hydroxylation is 1. The van der Waals surface area contributed by atoms with Gasteiger partial charge in [0.15, 0.2) is 11.9 Å². The first-order chi connectivity index (χ1) is 11.9. The molecule has 1 N–H and O–H groups in total. The highest BCUT2D eigenvalue weighted by Gasteiger charge is 2.36. The molecule has 2 aromatic rings. The van der Waals surface area contributed by atoms with E-state index >= 15 is 0 Å². The molecule has 0 saturated heterocycles. The molecule has 0 bridgehead atoms. The number of fused-ring (bicyclic) bond motifs is 1. The van der Waals surface area contributed by atoms with Gasteiger partial charge in [-0.25, -0.2) is 9.78 Å². The topological polar surface area (TPSA) is 96.6 Å². The second kappa shape index (κ2) is 6.43. The zero-order valence-corrected chi connectivity index (χ0v) is 14.5. The van der Waals surface area contributed by atoms with Gasteiger partial charge in [0.1, 0.15) is 5.39 Å². The van der Waals surface area contributed by atoms with Crippen LogP contribution in [0.5, 0.6) is 0 Å². The monoisotopic (exact) mass is 348 g/mol. The smallest absolute Gasteiger partial charge is 0.332 e. The molecule has 0 fully saturated rings. The van der Waals surface area contributed by atoms with E-state index in [9.17, 15) is 9.59 Å². The lowest BCUT2D eigenvalue weighted by Crippen LogP contribution is -2.40. The van der Waals surface area contributed by atoms with Gasteiger partial charge in [0.05, 0.1) is 12.2 Å². The Hall–Kier alpha value is -2.49. The van der Waals surface area contributed by atoms with Gasteiger partial charge in [-0.3, -0.25) is 13.9 Å². The van der Waals surface area contributed by atoms with Crippen LogP contribution in [0, 0.1) is 0 Å². The van der Waals surface area contributed by atoms with Crippen LogP contribution in [-0.4, -0.2) is 47.0 Å². The highest BCUT2D eigenvalue weighted by atomic mass is 16.8. The third kappa shape index (κ3) is 2.86. The Morgan fingerprint density at radius 2 is 2.08 bits per heavy atom. The Morgan fingerprint density at radius 1 is 1.32 bits per heavy atom. The molecule has 3 heterocycles. The van der Waals surface area contributed by atoms with Gasteiger partial charge in [0, 0.05) is 34.5 Å². The summed E-state index contributed by atoms with van der Waals surface area (Å²) in [4.78, 5) is 28.7. The van der Waals surface area contributed by atoms with Gasteiger partial charge in [0.2, 0.25) is 5.79 Å². The van der Waals surface area contributed by atoms with E-state index in [4.69, 9.17) is 14.2 Å². The summed E-state index contributed by atoms with van der Waals surface area (Å²) in [6, 6.07) is 1.67. The largest absolute Gasteiger partial charge is 0.378 e. The Balaban J connectivity index is 1.99. The highest BCUT2D eigenvalue weighted by molar-refractivity contribution is 5.88. The van der Waals surface area contributed by atoms with Crippen molar-refractivity contribution in [1.29, 1.82) is 0 Å². The zero-order valence-electron chi connectivity index (χ0n) is 14.5. The number of methoxy groups -OCH3 is 2. The molecule has 0 amide bonds. The summed E-state index contributed by atoms with van der Waals surface area (Å²) in [5.41, 5.74) is -0.00367. The van der Waals surface area contributed by atoms with Crippen molar-refractivity contribution in [1.82, 2.24) is 14.1 Å². The number of pyridine rings is 1. The third-order valence-corrected chi connectivity index (χ3v) is 4.27. The summed E-state index contributed by atoms with van der Waals surface area (Å²) in [5.74, 6) is -1.01. The van der Waals surface area contributed by atoms with Crippen molar-refractivity contribution in [3.63, 3.8) is 0 Å². The molecule has 0 aliphatic carbocycles. The number of hydrogen-bond donors (Lipinski definition) is 1. The summed E-state index contributed by atoms with van der Waals surface area (Å²) in [7, 11) is 6.07. The Kier molecular flexibility index (Phi) is 4.46. The van der Waals surface area contributed by atoms with Crippen LogP contribution in [0.3, 0.4) is 0 Å². The first-order valence-electron chi connectivity index (χ1n) is 7.66. The molecular weight excluding hydrogens is 328 g/mol. The van der Waals surface area contributed by atoms with E-state index in [2.05, 4.69) is 10.3 Å². The lowest BCUT2D eigenvalue weighted by atomic mass is 10.2. The van der Waals surface area contributed by atoms with Gasteiger partial charge in [-0.15, -0.1) is 0 Å². The summed E-state index contributed by atoms with van der Waals surface area (Å²) in [6.07, 6.45) is 4.54. The standard InChI is InChI=1S/C16H20N4O5/c1-19-13-12(14(21)20(2)15(19)22)10(6-8-17-13)18-9-16(24-4)7-5-11(23-3)25-16/h5-8,11H,9H2,1-4H3,(H,17,18). The fraction of sp³-hybridized carbons (Fsp3) is 0.438. The number of nitrogens with zero attached hydrogens (tertiary/aromatic N) is 3. The second-order valence-corrected chi connectivity index (χ2v) is 5.71. The van der Waals surface area contributed by atoms with E-state index in [0.29, 0.717) is 16.7 Å². The minimum absolute atomic E-state index is 0.241. The molecule has 0 aromatic carbocycles. The van der Waals surface area contributed by atoms with E-state index in [-0.39, 0.29) is 6.54 Å². The molecule has 9 heteroatoms. The number of nitrogens with one attached hydrogen (secondary N) is 1. The van der Waals surface area contributed by atoms with Crippen molar-refractivity contribution in [2.75, 3.05) is 26.1 Å². The lowest BCUT2D eigenvalue weighted by Gasteiger charge is -2.27. The van der Waals surface area contributed by atoms with Crippen LogP contribution in [0.4, 0.5) is 5.69 Å². The van der Waals surface area contributed by atoms with Gasteiger partial charge in [-0.1, -0.05) is 0 Å². The number of rotatable bonds is 5. The van der Waals surface area contributed by atoms with Crippen LogP contribution in [0.2, 0.25) is 0 Å². The molecule has 2 unspecified atom stereocenters. The fourth-order valence-electron chi connectivity index (χ4n) is 2.77. The number of ether oxygens (including phenoxy) is 3. The lowest BCUT2D eigenvalue weighted by molar-refractivity contribution is -0.234. The van der Waals surface area contributed by atoms with E-state index in [1.54, 1.807) is 25.3 Å². The minimum atomic E-state index is -1.01. The Bertz CT molecular complexity index is 948. The molecular formula is C16H20N4O5. The normalized spacial score (nSPS) is 22.6. The number of hydrogen-bond acceptors (Lipinski definition) is 7. The van der Waals surface area contributed by atoms with Crippen molar-refractivity contribution < 1.29 is 14.2 Å². The molecule has 0 saturated carbocycles. The van der Waals surface area contributed by atoms with Crippen molar-refractivity contribution >= 4 is 16.7 Å². The first-order valence-corrected chi connectivity index (χ1v) is 7.66. The predicted octanol–water partition coefficient (Wildman–Crippen LogP) is -0.0543. The first kappa shape index (κ1) is 17.3. The van der Waals surface area contributed by atoms with Crippen LogP contribution >= 0.6 is 0 Å². The molecule has 3 rings (SSSR count). The average Bonchev–Trinajstić information content (AvgIpc) is 3.07. The maximum atomic E-state index is 12.5. The third-order valence-electron chi connectivity index (χ3n) is 4.27. The summed E-state index contributed by atoms with van der Waals surface area (Å²) in [5, 5.41) is 3.48. The molecule has 1 aliphatic heterocycles. The molecule has 2 atom stereocenters. The van der Waals surface area contributed by atoms with Gasteiger partial charge in [0.25, 0.3) is 5.56 Å². The molecule has 2 aromatic heterocycles. The van der Waals surface area contributed by atoms with Crippen LogP contribution in [0.25, 0.3) is 11.0 Å². The van der Waals surface area contributed by atoms with Crippen molar-refractivity contribution in [3.05, 3.63) is 45.3 Å².